The summed E-state index contributed by atoms with van der Waals surface area (Å²) in [6.45, 7) is 6.21. The van der Waals surface area contributed by atoms with Crippen LogP contribution in [-0.4, -0.2) is 19.2 Å². The highest BCUT2D eigenvalue weighted by Crippen LogP contribution is 2.35. The monoisotopic (exact) mass is 262 g/mol. The van der Waals surface area contributed by atoms with E-state index in [1.54, 1.807) is 0 Å². The minimum Gasteiger partial charge on any atom is -0.491 e. The summed E-state index contributed by atoms with van der Waals surface area (Å²) in [4.78, 5) is 2.52. The van der Waals surface area contributed by atoms with Crippen molar-refractivity contribution in [2.75, 3.05) is 23.8 Å². The molecular formula is C16H26N2O. The van der Waals surface area contributed by atoms with Gasteiger partial charge in [0.1, 0.15) is 5.75 Å². The Hall–Kier alpha value is -1.38. The molecule has 1 aliphatic rings. The second kappa shape index (κ2) is 6.69. The molecule has 0 radical (unpaired) electrons. The number of nitrogen functional groups attached to an aromatic ring is 1. The molecule has 0 amide bonds. The fourth-order valence-corrected chi connectivity index (χ4v) is 2.28. The molecule has 0 atom stereocenters. The smallest absolute Gasteiger partial charge is 0.144 e. The Balaban J connectivity index is 2.12. The third kappa shape index (κ3) is 3.79. The molecule has 0 aromatic heterocycles. The van der Waals surface area contributed by atoms with E-state index in [1.165, 1.54) is 31.4 Å². The number of ether oxygens (including phenoxy) is 1. The molecule has 2 rings (SSSR count). The maximum absolute atomic E-state index is 5.98. The Bertz CT molecular complexity index is 402. The highest BCUT2D eigenvalue weighted by atomic mass is 16.5. The summed E-state index contributed by atoms with van der Waals surface area (Å²) in [5.74, 6) is 0.835. The molecule has 0 spiro atoms. The van der Waals surface area contributed by atoms with Crippen molar-refractivity contribution in [3.05, 3.63) is 18.2 Å². The van der Waals surface area contributed by atoms with Crippen molar-refractivity contribution < 1.29 is 4.74 Å². The van der Waals surface area contributed by atoms with Crippen molar-refractivity contribution >= 4 is 11.4 Å². The van der Waals surface area contributed by atoms with Crippen LogP contribution in [0.3, 0.4) is 0 Å². The van der Waals surface area contributed by atoms with Gasteiger partial charge in [-0.25, -0.2) is 0 Å². The normalized spacial score (nSPS) is 14.4. The lowest BCUT2D eigenvalue weighted by Crippen LogP contribution is -2.26. The van der Waals surface area contributed by atoms with Gasteiger partial charge in [0.25, 0.3) is 0 Å². The van der Waals surface area contributed by atoms with E-state index in [4.69, 9.17) is 10.5 Å². The predicted molar refractivity (Wildman–Crippen MR) is 81.9 cm³/mol. The average Bonchev–Trinajstić information content (AvgIpc) is 3.24. The van der Waals surface area contributed by atoms with Crippen molar-refractivity contribution in [1.29, 1.82) is 0 Å². The van der Waals surface area contributed by atoms with Gasteiger partial charge < -0.3 is 15.4 Å². The van der Waals surface area contributed by atoms with E-state index in [1.807, 2.05) is 6.07 Å². The third-order valence-corrected chi connectivity index (χ3v) is 3.53. The summed E-state index contributed by atoms with van der Waals surface area (Å²) in [7, 11) is 0. The van der Waals surface area contributed by atoms with Crippen LogP contribution in [0.15, 0.2) is 18.2 Å². The molecular weight excluding hydrogens is 236 g/mol. The topological polar surface area (TPSA) is 38.5 Å². The number of anilines is 2. The highest BCUT2D eigenvalue weighted by molar-refractivity contribution is 5.63. The molecule has 0 aliphatic heterocycles. The van der Waals surface area contributed by atoms with Crippen LogP contribution in [0.4, 0.5) is 11.4 Å². The van der Waals surface area contributed by atoms with E-state index in [-0.39, 0.29) is 0 Å². The maximum atomic E-state index is 5.98. The van der Waals surface area contributed by atoms with Crippen molar-refractivity contribution in [2.45, 2.75) is 52.0 Å². The number of nitrogens with two attached hydrogens (primary N) is 1. The van der Waals surface area contributed by atoms with Gasteiger partial charge in [0.05, 0.1) is 12.3 Å². The van der Waals surface area contributed by atoms with Crippen LogP contribution in [0.1, 0.15) is 46.0 Å². The lowest BCUT2D eigenvalue weighted by Gasteiger charge is -2.25. The van der Waals surface area contributed by atoms with Crippen LogP contribution in [-0.2, 0) is 0 Å². The first-order valence-electron chi connectivity index (χ1n) is 7.55. The first-order valence-corrected chi connectivity index (χ1v) is 7.55. The van der Waals surface area contributed by atoms with Crippen LogP contribution in [0, 0.1) is 0 Å². The minimum atomic E-state index is 0.728. The van der Waals surface area contributed by atoms with Gasteiger partial charge >= 0.3 is 0 Å². The van der Waals surface area contributed by atoms with Gasteiger partial charge in [-0.3, -0.25) is 0 Å². The number of hydrogen-bond donors (Lipinski definition) is 1. The van der Waals surface area contributed by atoms with Crippen molar-refractivity contribution in [1.82, 2.24) is 0 Å². The Labute approximate surface area is 116 Å². The van der Waals surface area contributed by atoms with Crippen molar-refractivity contribution in [3.63, 3.8) is 0 Å². The lowest BCUT2D eigenvalue weighted by molar-refractivity contribution is 0.319. The molecule has 0 heterocycles. The van der Waals surface area contributed by atoms with Gasteiger partial charge in [-0.15, -0.1) is 0 Å². The lowest BCUT2D eigenvalue weighted by atomic mass is 10.2. The molecule has 3 heteroatoms. The van der Waals surface area contributed by atoms with Gasteiger partial charge in [-0.05, 0) is 37.8 Å². The zero-order chi connectivity index (χ0) is 13.7. The second-order valence-corrected chi connectivity index (χ2v) is 5.35. The summed E-state index contributed by atoms with van der Waals surface area (Å²) in [5, 5.41) is 0. The summed E-state index contributed by atoms with van der Waals surface area (Å²) in [6.07, 6.45) is 6.12. The molecule has 19 heavy (non-hydrogen) atoms. The van der Waals surface area contributed by atoms with E-state index in [2.05, 4.69) is 30.9 Å². The number of nitrogens with zero attached hydrogens (tertiary/aromatic N) is 1. The van der Waals surface area contributed by atoms with Gasteiger partial charge in [0.15, 0.2) is 0 Å². The fraction of sp³-hybridized carbons (Fsp3) is 0.625. The molecule has 1 aromatic carbocycles. The standard InChI is InChI=1S/C16H26N2O/c1-3-5-10-18(13-6-7-13)14-8-9-15(17)16(12-14)19-11-4-2/h8-9,12-13H,3-7,10-11,17H2,1-2H3. The van der Waals surface area contributed by atoms with E-state index in [0.717, 1.165) is 37.1 Å². The van der Waals surface area contributed by atoms with Crippen LogP contribution in [0.2, 0.25) is 0 Å². The summed E-state index contributed by atoms with van der Waals surface area (Å²) in [5.41, 5.74) is 7.98. The summed E-state index contributed by atoms with van der Waals surface area (Å²) in [6, 6.07) is 6.94. The molecule has 106 valence electrons. The molecule has 1 aromatic rings. The molecule has 3 nitrogen and oxygen atoms in total. The molecule has 1 saturated carbocycles. The Morgan fingerprint density at radius 3 is 2.68 bits per heavy atom. The molecule has 2 N–H and O–H groups in total. The van der Waals surface area contributed by atoms with Crippen molar-refractivity contribution in [3.8, 4) is 5.75 Å². The molecule has 1 fully saturated rings. The molecule has 1 aliphatic carbocycles. The minimum absolute atomic E-state index is 0.728. The average molecular weight is 262 g/mol. The fourth-order valence-electron chi connectivity index (χ4n) is 2.28. The third-order valence-electron chi connectivity index (χ3n) is 3.53. The van der Waals surface area contributed by atoms with Crippen LogP contribution >= 0.6 is 0 Å². The van der Waals surface area contributed by atoms with Crippen LogP contribution in [0.25, 0.3) is 0 Å². The molecule has 0 unspecified atom stereocenters. The van der Waals surface area contributed by atoms with Gasteiger partial charge in [-0.1, -0.05) is 20.3 Å². The van der Waals surface area contributed by atoms with E-state index in [0.29, 0.717) is 0 Å². The quantitative estimate of drug-likeness (QED) is 0.724. The first kappa shape index (κ1) is 14.0. The molecule has 0 saturated heterocycles. The van der Waals surface area contributed by atoms with Gasteiger partial charge in [0, 0.05) is 24.3 Å². The zero-order valence-electron chi connectivity index (χ0n) is 12.2. The summed E-state index contributed by atoms with van der Waals surface area (Å²) >= 11 is 0. The SMILES string of the molecule is CCCCN(c1ccc(N)c(OCCC)c1)C1CC1. The summed E-state index contributed by atoms with van der Waals surface area (Å²) < 4.78 is 5.73. The maximum Gasteiger partial charge on any atom is 0.144 e. The Kier molecular flexibility index (Phi) is 4.94. The Morgan fingerprint density at radius 1 is 1.26 bits per heavy atom. The molecule has 0 bridgehead atoms. The highest BCUT2D eigenvalue weighted by Gasteiger charge is 2.29. The zero-order valence-corrected chi connectivity index (χ0v) is 12.2. The second-order valence-electron chi connectivity index (χ2n) is 5.35. The predicted octanol–water partition coefficient (Wildman–Crippen LogP) is 3.83. The number of hydrogen-bond acceptors (Lipinski definition) is 3. The van der Waals surface area contributed by atoms with Gasteiger partial charge in [0.2, 0.25) is 0 Å². The van der Waals surface area contributed by atoms with Crippen LogP contribution in [0.5, 0.6) is 5.75 Å². The number of benzene rings is 1. The van der Waals surface area contributed by atoms with E-state index in [9.17, 15) is 0 Å². The first-order chi connectivity index (χ1) is 9.26. The van der Waals surface area contributed by atoms with Gasteiger partial charge in [-0.2, -0.15) is 0 Å². The van der Waals surface area contributed by atoms with E-state index >= 15 is 0 Å². The number of rotatable bonds is 8. The van der Waals surface area contributed by atoms with Crippen LogP contribution < -0.4 is 15.4 Å². The largest absolute Gasteiger partial charge is 0.491 e. The van der Waals surface area contributed by atoms with Crippen molar-refractivity contribution in [2.24, 2.45) is 0 Å². The Morgan fingerprint density at radius 2 is 2.05 bits per heavy atom. The van der Waals surface area contributed by atoms with E-state index < -0.39 is 0 Å². The number of unbranched alkanes of at least 4 members (excludes halogenated alkanes) is 1.